The molecule has 0 radical (unpaired) electrons. The lowest BCUT2D eigenvalue weighted by Crippen LogP contribution is -2.36. The molecule has 9 nitrogen and oxygen atoms in total. The third-order valence-corrected chi connectivity index (χ3v) is 5.83. The molecule has 1 atom stereocenters. The van der Waals surface area contributed by atoms with Gasteiger partial charge in [0.15, 0.2) is 11.5 Å². The maximum absolute atomic E-state index is 12.1. The molecule has 2 aliphatic heterocycles. The largest absolute Gasteiger partial charge is 0.493 e. The molecule has 2 heterocycles. The molecule has 0 aromatic heterocycles. The highest BCUT2D eigenvalue weighted by molar-refractivity contribution is 8.18. The van der Waals surface area contributed by atoms with E-state index in [1.807, 2.05) is 26.8 Å². The standard InChI is InChI=1S/C22H29N3O6S/c1-22(2,3)31-20(27)23-11-13-6-7-25(12-13)15-10-17(30-5)16(29-4)8-14(15)9-18-19(26)24-21(28)32-18/h8-10,13H,6-7,11-12H2,1-5H3,(H,23,27)(H,24,26,28). The molecule has 1 unspecified atom stereocenters. The van der Waals surface area contributed by atoms with Gasteiger partial charge in [-0.05, 0) is 57.0 Å². The van der Waals surface area contributed by atoms with Crippen molar-refractivity contribution in [3.8, 4) is 11.5 Å². The second kappa shape index (κ2) is 9.72. The average molecular weight is 464 g/mol. The molecule has 2 aliphatic rings. The van der Waals surface area contributed by atoms with Gasteiger partial charge in [0.25, 0.3) is 11.1 Å². The molecule has 0 bridgehead atoms. The Morgan fingerprint density at radius 2 is 1.94 bits per heavy atom. The summed E-state index contributed by atoms with van der Waals surface area (Å²) in [4.78, 5) is 38.1. The minimum absolute atomic E-state index is 0.238. The Bertz CT molecular complexity index is 940. The van der Waals surface area contributed by atoms with Crippen LogP contribution in [0.1, 0.15) is 32.8 Å². The van der Waals surface area contributed by atoms with E-state index in [1.54, 1.807) is 26.4 Å². The van der Waals surface area contributed by atoms with Crippen LogP contribution in [0.2, 0.25) is 0 Å². The van der Waals surface area contributed by atoms with Gasteiger partial charge < -0.3 is 24.4 Å². The first-order chi connectivity index (χ1) is 15.1. The van der Waals surface area contributed by atoms with Crippen molar-refractivity contribution >= 4 is 40.8 Å². The third-order valence-electron chi connectivity index (χ3n) is 5.02. The molecule has 10 heteroatoms. The quantitative estimate of drug-likeness (QED) is 0.619. The highest BCUT2D eigenvalue weighted by Crippen LogP contribution is 2.39. The third kappa shape index (κ3) is 5.87. The molecule has 2 fully saturated rings. The molecule has 3 rings (SSSR count). The van der Waals surface area contributed by atoms with E-state index in [0.717, 1.165) is 36.0 Å². The molecular formula is C22H29N3O6S. The first kappa shape index (κ1) is 23.8. The molecule has 0 aliphatic carbocycles. The van der Waals surface area contributed by atoms with E-state index in [9.17, 15) is 14.4 Å². The number of carbonyl (C=O) groups excluding carboxylic acids is 3. The average Bonchev–Trinajstić information content (AvgIpc) is 3.30. The Morgan fingerprint density at radius 3 is 2.53 bits per heavy atom. The highest BCUT2D eigenvalue weighted by Gasteiger charge is 2.29. The van der Waals surface area contributed by atoms with Gasteiger partial charge in [0.2, 0.25) is 0 Å². The van der Waals surface area contributed by atoms with E-state index < -0.39 is 22.8 Å². The Hall–Kier alpha value is -2.88. The Kier molecular flexibility index (Phi) is 7.22. The van der Waals surface area contributed by atoms with Crippen molar-refractivity contribution in [3.63, 3.8) is 0 Å². The summed E-state index contributed by atoms with van der Waals surface area (Å²) in [7, 11) is 3.11. The van der Waals surface area contributed by atoms with Gasteiger partial charge in [-0.3, -0.25) is 14.9 Å². The normalized spacial score (nSPS) is 19.8. The number of thioether (sulfide) groups is 1. The number of hydrogen-bond acceptors (Lipinski definition) is 8. The molecule has 2 saturated heterocycles. The Balaban J connectivity index is 1.79. The van der Waals surface area contributed by atoms with E-state index in [4.69, 9.17) is 14.2 Å². The number of imide groups is 1. The molecule has 1 aromatic rings. The maximum atomic E-state index is 12.1. The number of nitrogens with zero attached hydrogens (tertiary/aromatic N) is 1. The number of anilines is 1. The van der Waals surface area contributed by atoms with Crippen LogP contribution in [0.3, 0.4) is 0 Å². The number of ether oxygens (including phenoxy) is 3. The zero-order valence-corrected chi connectivity index (χ0v) is 19.8. The van der Waals surface area contributed by atoms with Crippen molar-refractivity contribution in [2.75, 3.05) is 38.8 Å². The van der Waals surface area contributed by atoms with E-state index in [-0.39, 0.29) is 5.92 Å². The molecule has 1 aromatic carbocycles. The van der Waals surface area contributed by atoms with E-state index in [2.05, 4.69) is 15.5 Å². The predicted octanol–water partition coefficient (Wildman–Crippen LogP) is 3.38. The highest BCUT2D eigenvalue weighted by atomic mass is 32.2. The summed E-state index contributed by atoms with van der Waals surface area (Å²) in [5.41, 5.74) is 1.07. The number of rotatable bonds is 6. The van der Waals surface area contributed by atoms with Crippen LogP contribution in [0, 0.1) is 5.92 Å². The number of benzene rings is 1. The number of carbonyl (C=O) groups is 3. The van der Waals surface area contributed by atoms with Crippen molar-refractivity contribution in [3.05, 3.63) is 22.6 Å². The van der Waals surface area contributed by atoms with Crippen LogP contribution >= 0.6 is 11.8 Å². The van der Waals surface area contributed by atoms with Crippen molar-refractivity contribution in [1.29, 1.82) is 0 Å². The van der Waals surface area contributed by atoms with Crippen molar-refractivity contribution in [1.82, 2.24) is 10.6 Å². The lowest BCUT2D eigenvalue weighted by molar-refractivity contribution is -0.115. The predicted molar refractivity (Wildman–Crippen MR) is 123 cm³/mol. The van der Waals surface area contributed by atoms with Gasteiger partial charge in [-0.1, -0.05) is 0 Å². The van der Waals surface area contributed by atoms with E-state index >= 15 is 0 Å². The van der Waals surface area contributed by atoms with Gasteiger partial charge in [0.1, 0.15) is 5.60 Å². The summed E-state index contributed by atoms with van der Waals surface area (Å²) in [5, 5.41) is 4.72. The van der Waals surface area contributed by atoms with Crippen LogP contribution in [0.25, 0.3) is 6.08 Å². The van der Waals surface area contributed by atoms with Crippen LogP contribution in [-0.4, -0.2) is 56.7 Å². The van der Waals surface area contributed by atoms with Gasteiger partial charge in [-0.15, -0.1) is 0 Å². The van der Waals surface area contributed by atoms with Crippen molar-refractivity contribution in [2.45, 2.75) is 32.8 Å². The lowest BCUT2D eigenvalue weighted by Gasteiger charge is -2.23. The number of methoxy groups -OCH3 is 2. The maximum Gasteiger partial charge on any atom is 0.407 e. The molecule has 0 spiro atoms. The smallest absolute Gasteiger partial charge is 0.407 e. The lowest BCUT2D eigenvalue weighted by atomic mass is 10.1. The molecule has 0 saturated carbocycles. The second-order valence-electron chi connectivity index (χ2n) is 8.60. The minimum atomic E-state index is -0.542. The van der Waals surface area contributed by atoms with Gasteiger partial charge in [-0.2, -0.15) is 0 Å². The fraction of sp³-hybridized carbons (Fsp3) is 0.500. The first-order valence-corrected chi connectivity index (χ1v) is 11.1. The fourth-order valence-electron chi connectivity index (χ4n) is 3.60. The summed E-state index contributed by atoms with van der Waals surface area (Å²) >= 11 is 0.869. The topological polar surface area (TPSA) is 106 Å². The van der Waals surface area contributed by atoms with Crippen LogP contribution < -0.4 is 25.0 Å². The molecule has 2 N–H and O–H groups in total. The van der Waals surface area contributed by atoms with Crippen LogP contribution in [0.15, 0.2) is 17.0 Å². The molecule has 32 heavy (non-hydrogen) atoms. The zero-order valence-electron chi connectivity index (χ0n) is 18.9. The molecule has 174 valence electrons. The number of alkyl carbamates (subject to hydrolysis) is 1. The van der Waals surface area contributed by atoms with Crippen LogP contribution in [0.4, 0.5) is 15.3 Å². The zero-order chi connectivity index (χ0) is 23.5. The van der Waals surface area contributed by atoms with Gasteiger partial charge in [0, 0.05) is 37.0 Å². The number of amides is 3. The van der Waals surface area contributed by atoms with Gasteiger partial charge in [-0.25, -0.2) is 4.79 Å². The van der Waals surface area contributed by atoms with Gasteiger partial charge >= 0.3 is 6.09 Å². The second-order valence-corrected chi connectivity index (χ2v) is 9.62. The van der Waals surface area contributed by atoms with Crippen molar-refractivity contribution < 1.29 is 28.6 Å². The van der Waals surface area contributed by atoms with E-state index in [0.29, 0.717) is 29.5 Å². The first-order valence-electron chi connectivity index (χ1n) is 10.3. The van der Waals surface area contributed by atoms with Crippen molar-refractivity contribution in [2.24, 2.45) is 5.92 Å². The van der Waals surface area contributed by atoms with Crippen LogP contribution in [0.5, 0.6) is 11.5 Å². The number of hydrogen-bond donors (Lipinski definition) is 2. The Morgan fingerprint density at radius 1 is 1.25 bits per heavy atom. The summed E-state index contributed by atoms with van der Waals surface area (Å²) in [6.45, 7) is 7.46. The summed E-state index contributed by atoms with van der Waals surface area (Å²) in [6.07, 6.45) is 2.14. The Labute approximate surface area is 191 Å². The van der Waals surface area contributed by atoms with Gasteiger partial charge in [0.05, 0.1) is 19.1 Å². The van der Waals surface area contributed by atoms with Crippen LogP contribution in [-0.2, 0) is 9.53 Å². The fourth-order valence-corrected chi connectivity index (χ4v) is 4.27. The van der Waals surface area contributed by atoms with E-state index in [1.165, 1.54) is 0 Å². The summed E-state index contributed by atoms with van der Waals surface area (Å²) in [6, 6.07) is 3.67. The molecule has 3 amide bonds. The monoisotopic (exact) mass is 463 g/mol. The summed E-state index contributed by atoms with van der Waals surface area (Å²) in [5.74, 6) is 0.920. The summed E-state index contributed by atoms with van der Waals surface area (Å²) < 4.78 is 16.2. The molecular weight excluding hydrogens is 434 g/mol. The number of nitrogens with one attached hydrogen (secondary N) is 2. The minimum Gasteiger partial charge on any atom is -0.493 e. The SMILES string of the molecule is COc1cc(C=C2SC(=O)NC2=O)c(N2CCC(CNC(=O)OC(C)(C)C)C2)cc1OC.